The number of piperidine rings is 1. The van der Waals surface area contributed by atoms with E-state index in [0.29, 0.717) is 12.0 Å². The maximum absolute atomic E-state index is 11.2. The van der Waals surface area contributed by atoms with Gasteiger partial charge in [0.1, 0.15) is 0 Å². The van der Waals surface area contributed by atoms with E-state index in [1.165, 1.54) is 7.11 Å². The fourth-order valence-electron chi connectivity index (χ4n) is 1.80. The first-order valence-corrected chi connectivity index (χ1v) is 5.69. The second-order valence-corrected chi connectivity index (χ2v) is 4.53. The Morgan fingerprint density at radius 2 is 2.07 bits per heavy atom. The number of ether oxygens (including phenoxy) is 1. The Hall–Kier alpha value is -0.770. The van der Waals surface area contributed by atoms with Crippen LogP contribution in [0.5, 0.6) is 0 Å². The Bertz CT molecular complexity index is 199. The standard InChI is InChI=1S/C11H22N2O2/c1-9(2)8-12-10-4-6-13(7-5-10)11(14)15-3/h9-10,12H,4-8H2,1-3H3. The summed E-state index contributed by atoms with van der Waals surface area (Å²) in [6.45, 7) is 7.08. The van der Waals surface area contributed by atoms with Crippen molar-refractivity contribution in [3.05, 3.63) is 0 Å². The zero-order valence-corrected chi connectivity index (χ0v) is 9.95. The minimum atomic E-state index is -0.197. The van der Waals surface area contributed by atoms with E-state index in [-0.39, 0.29) is 6.09 Å². The molecule has 4 heteroatoms. The average molecular weight is 214 g/mol. The maximum atomic E-state index is 11.2. The quantitative estimate of drug-likeness (QED) is 0.773. The number of carbonyl (C=O) groups is 1. The molecule has 0 aliphatic carbocycles. The molecule has 4 nitrogen and oxygen atoms in total. The summed E-state index contributed by atoms with van der Waals surface area (Å²) in [5.41, 5.74) is 0. The van der Waals surface area contributed by atoms with Crippen LogP contribution in [0.25, 0.3) is 0 Å². The largest absolute Gasteiger partial charge is 0.453 e. The van der Waals surface area contributed by atoms with E-state index in [4.69, 9.17) is 0 Å². The number of amides is 1. The van der Waals surface area contributed by atoms with Gasteiger partial charge in [-0.15, -0.1) is 0 Å². The van der Waals surface area contributed by atoms with Gasteiger partial charge in [0.15, 0.2) is 0 Å². The summed E-state index contributed by atoms with van der Waals surface area (Å²) in [6.07, 6.45) is 1.86. The Kier molecular flexibility index (Phi) is 4.88. The third-order valence-electron chi connectivity index (χ3n) is 2.74. The van der Waals surface area contributed by atoms with Crippen LogP contribution in [0.2, 0.25) is 0 Å². The van der Waals surface area contributed by atoms with Gasteiger partial charge in [-0.3, -0.25) is 0 Å². The Balaban J connectivity index is 2.21. The molecule has 0 bridgehead atoms. The predicted octanol–water partition coefficient (Wildman–Crippen LogP) is 1.46. The summed E-state index contributed by atoms with van der Waals surface area (Å²) in [7, 11) is 1.44. The van der Waals surface area contributed by atoms with Crippen molar-refractivity contribution in [2.45, 2.75) is 32.7 Å². The number of hydrogen-bond donors (Lipinski definition) is 1. The molecular weight excluding hydrogens is 192 g/mol. The van der Waals surface area contributed by atoms with Gasteiger partial charge in [-0.2, -0.15) is 0 Å². The molecule has 0 saturated carbocycles. The highest BCUT2D eigenvalue weighted by molar-refractivity contribution is 5.67. The van der Waals surface area contributed by atoms with Crippen molar-refractivity contribution < 1.29 is 9.53 Å². The lowest BCUT2D eigenvalue weighted by molar-refractivity contribution is 0.109. The van der Waals surface area contributed by atoms with E-state index in [1.807, 2.05) is 0 Å². The average Bonchev–Trinajstić information content (AvgIpc) is 2.26. The van der Waals surface area contributed by atoms with Crippen LogP contribution < -0.4 is 5.32 Å². The molecule has 0 spiro atoms. The van der Waals surface area contributed by atoms with Crippen LogP contribution in [0, 0.1) is 5.92 Å². The smallest absolute Gasteiger partial charge is 0.409 e. The van der Waals surface area contributed by atoms with E-state index in [9.17, 15) is 4.79 Å². The molecule has 0 radical (unpaired) electrons. The molecule has 0 atom stereocenters. The van der Waals surface area contributed by atoms with Crippen molar-refractivity contribution in [3.8, 4) is 0 Å². The van der Waals surface area contributed by atoms with Gasteiger partial charge in [0.05, 0.1) is 7.11 Å². The van der Waals surface area contributed by atoms with Crippen molar-refractivity contribution in [2.24, 2.45) is 5.92 Å². The number of carbonyl (C=O) groups excluding carboxylic acids is 1. The third-order valence-corrected chi connectivity index (χ3v) is 2.74. The maximum Gasteiger partial charge on any atom is 0.409 e. The SMILES string of the molecule is COC(=O)N1CCC(NCC(C)C)CC1. The highest BCUT2D eigenvalue weighted by Gasteiger charge is 2.22. The van der Waals surface area contributed by atoms with Crippen LogP contribution >= 0.6 is 0 Å². The fourth-order valence-corrected chi connectivity index (χ4v) is 1.80. The van der Waals surface area contributed by atoms with Crippen molar-refractivity contribution in [1.82, 2.24) is 10.2 Å². The molecule has 15 heavy (non-hydrogen) atoms. The summed E-state index contributed by atoms with van der Waals surface area (Å²) in [5.74, 6) is 0.684. The minimum Gasteiger partial charge on any atom is -0.453 e. The van der Waals surface area contributed by atoms with Gasteiger partial charge in [-0.1, -0.05) is 13.8 Å². The lowest BCUT2D eigenvalue weighted by atomic mass is 10.0. The number of nitrogens with one attached hydrogen (secondary N) is 1. The first kappa shape index (κ1) is 12.3. The van der Waals surface area contributed by atoms with Gasteiger partial charge in [0.25, 0.3) is 0 Å². The van der Waals surface area contributed by atoms with E-state index < -0.39 is 0 Å². The molecule has 1 aliphatic rings. The van der Waals surface area contributed by atoms with Gasteiger partial charge < -0.3 is 15.0 Å². The molecule has 1 heterocycles. The normalized spacial score (nSPS) is 18.3. The van der Waals surface area contributed by atoms with Crippen LogP contribution in [-0.4, -0.2) is 43.8 Å². The lowest BCUT2D eigenvalue weighted by Gasteiger charge is -2.31. The Morgan fingerprint density at radius 3 is 2.53 bits per heavy atom. The summed E-state index contributed by atoms with van der Waals surface area (Å²) in [6, 6.07) is 0.563. The zero-order chi connectivity index (χ0) is 11.3. The summed E-state index contributed by atoms with van der Waals surface area (Å²) in [5, 5.41) is 3.52. The first-order valence-electron chi connectivity index (χ1n) is 5.69. The molecular formula is C11H22N2O2. The van der Waals surface area contributed by atoms with Gasteiger partial charge in [-0.05, 0) is 25.3 Å². The summed E-state index contributed by atoms with van der Waals surface area (Å²) >= 11 is 0. The topological polar surface area (TPSA) is 41.6 Å². The van der Waals surface area contributed by atoms with Crippen molar-refractivity contribution in [1.29, 1.82) is 0 Å². The number of methoxy groups -OCH3 is 1. The minimum absolute atomic E-state index is 0.197. The number of likely N-dealkylation sites (tertiary alicyclic amines) is 1. The van der Waals surface area contributed by atoms with E-state index in [0.717, 1.165) is 32.5 Å². The number of nitrogens with zero attached hydrogens (tertiary/aromatic N) is 1. The number of hydrogen-bond acceptors (Lipinski definition) is 3. The monoisotopic (exact) mass is 214 g/mol. The molecule has 0 aromatic heterocycles. The Labute approximate surface area is 92.0 Å². The molecule has 1 saturated heterocycles. The van der Waals surface area contributed by atoms with Gasteiger partial charge in [0, 0.05) is 19.1 Å². The third kappa shape index (κ3) is 4.08. The lowest BCUT2D eigenvalue weighted by Crippen LogP contribution is -2.45. The molecule has 1 rings (SSSR count). The molecule has 1 fully saturated rings. The van der Waals surface area contributed by atoms with E-state index >= 15 is 0 Å². The second kappa shape index (κ2) is 5.95. The van der Waals surface area contributed by atoms with Crippen LogP contribution in [0.4, 0.5) is 4.79 Å². The molecule has 1 amide bonds. The molecule has 1 N–H and O–H groups in total. The highest BCUT2D eigenvalue weighted by atomic mass is 16.5. The zero-order valence-electron chi connectivity index (χ0n) is 9.95. The highest BCUT2D eigenvalue weighted by Crippen LogP contribution is 2.11. The van der Waals surface area contributed by atoms with Crippen molar-refractivity contribution in [3.63, 3.8) is 0 Å². The van der Waals surface area contributed by atoms with Crippen LogP contribution in [0.3, 0.4) is 0 Å². The first-order chi connectivity index (χ1) is 7.13. The van der Waals surface area contributed by atoms with Crippen LogP contribution in [0.1, 0.15) is 26.7 Å². The summed E-state index contributed by atoms with van der Waals surface area (Å²) < 4.78 is 4.69. The number of rotatable bonds is 3. The predicted molar refractivity (Wildman–Crippen MR) is 59.8 cm³/mol. The van der Waals surface area contributed by atoms with Gasteiger partial charge >= 0.3 is 6.09 Å². The van der Waals surface area contributed by atoms with Crippen molar-refractivity contribution in [2.75, 3.05) is 26.7 Å². The van der Waals surface area contributed by atoms with Crippen LogP contribution in [0.15, 0.2) is 0 Å². The van der Waals surface area contributed by atoms with Crippen molar-refractivity contribution >= 4 is 6.09 Å². The molecule has 88 valence electrons. The van der Waals surface area contributed by atoms with Crippen LogP contribution in [-0.2, 0) is 4.74 Å². The van der Waals surface area contributed by atoms with Gasteiger partial charge in [-0.25, -0.2) is 4.79 Å². The molecule has 0 aromatic carbocycles. The van der Waals surface area contributed by atoms with Gasteiger partial charge in [0.2, 0.25) is 0 Å². The molecule has 0 aromatic rings. The molecule has 0 unspecified atom stereocenters. The van der Waals surface area contributed by atoms with E-state index in [2.05, 4.69) is 23.9 Å². The molecule has 1 aliphatic heterocycles. The Morgan fingerprint density at radius 1 is 1.47 bits per heavy atom. The fraction of sp³-hybridized carbons (Fsp3) is 0.909. The summed E-state index contributed by atoms with van der Waals surface area (Å²) in [4.78, 5) is 13.0. The second-order valence-electron chi connectivity index (χ2n) is 4.53. The van der Waals surface area contributed by atoms with E-state index in [1.54, 1.807) is 4.90 Å².